The minimum atomic E-state index is -0.342. The first-order valence-corrected chi connectivity index (χ1v) is 6.71. The van der Waals surface area contributed by atoms with E-state index in [0.29, 0.717) is 24.4 Å². The minimum Gasteiger partial charge on any atom is -0.464 e. The topological polar surface area (TPSA) is 84.4 Å². The quantitative estimate of drug-likeness (QED) is 0.495. The number of hydrogen-bond donors (Lipinski definition) is 2. The van der Waals surface area contributed by atoms with Gasteiger partial charge in [0.2, 0.25) is 0 Å². The minimum absolute atomic E-state index is 0.342. The highest BCUT2D eigenvalue weighted by Crippen LogP contribution is 2.16. The summed E-state index contributed by atoms with van der Waals surface area (Å²) in [5.74, 6) is 6.09. The monoisotopic (exact) mass is 288 g/mol. The average Bonchev–Trinajstić information content (AvgIpc) is 2.78. The van der Waals surface area contributed by atoms with Gasteiger partial charge in [0, 0.05) is 12.2 Å². The highest BCUT2D eigenvalue weighted by atomic mass is 16.3. The maximum atomic E-state index is 11.5. The van der Waals surface area contributed by atoms with Crippen LogP contribution in [-0.4, -0.2) is 22.8 Å². The molecule has 2 heterocycles. The van der Waals surface area contributed by atoms with Gasteiger partial charge in [-0.1, -0.05) is 6.07 Å². The fraction of sp³-hybridized carbons (Fsp3) is 0.333. The van der Waals surface area contributed by atoms with Crippen molar-refractivity contribution in [3.05, 3.63) is 52.7 Å². The SMILES string of the molecule is Cc1cccc(CN(C)Cc2cc(C(=O)NN)c(C)o2)n1. The number of nitrogen functional groups attached to an aromatic ring is 1. The lowest BCUT2D eigenvalue weighted by molar-refractivity contribution is 0.0952. The van der Waals surface area contributed by atoms with Crippen LogP contribution in [0.3, 0.4) is 0 Å². The summed E-state index contributed by atoms with van der Waals surface area (Å²) in [5.41, 5.74) is 4.58. The van der Waals surface area contributed by atoms with Crippen molar-refractivity contribution in [2.45, 2.75) is 26.9 Å². The zero-order valence-electron chi connectivity index (χ0n) is 12.5. The van der Waals surface area contributed by atoms with Crippen LogP contribution in [0.25, 0.3) is 0 Å². The first-order valence-electron chi connectivity index (χ1n) is 6.71. The van der Waals surface area contributed by atoms with Crippen LogP contribution in [0.4, 0.5) is 0 Å². The molecule has 6 heteroatoms. The van der Waals surface area contributed by atoms with Crippen molar-refractivity contribution in [2.24, 2.45) is 5.84 Å². The predicted molar refractivity (Wildman–Crippen MR) is 79.2 cm³/mol. The van der Waals surface area contributed by atoms with Crippen LogP contribution in [0.2, 0.25) is 0 Å². The Morgan fingerprint density at radius 3 is 2.81 bits per heavy atom. The van der Waals surface area contributed by atoms with E-state index in [-0.39, 0.29) is 5.91 Å². The number of nitrogens with zero attached hydrogens (tertiary/aromatic N) is 2. The van der Waals surface area contributed by atoms with Crippen LogP contribution in [0, 0.1) is 13.8 Å². The van der Waals surface area contributed by atoms with Crippen molar-refractivity contribution in [1.82, 2.24) is 15.3 Å². The molecule has 0 aromatic carbocycles. The lowest BCUT2D eigenvalue weighted by atomic mass is 10.2. The Bertz CT molecular complexity index is 636. The summed E-state index contributed by atoms with van der Waals surface area (Å²) in [7, 11) is 1.98. The first kappa shape index (κ1) is 15.2. The molecule has 112 valence electrons. The molecule has 0 fully saturated rings. The lowest BCUT2D eigenvalue weighted by Crippen LogP contribution is -2.30. The normalized spacial score (nSPS) is 10.9. The number of aryl methyl sites for hydroxylation is 2. The number of carbonyl (C=O) groups excluding carboxylic acids is 1. The third-order valence-electron chi connectivity index (χ3n) is 3.15. The van der Waals surface area contributed by atoms with Crippen molar-refractivity contribution in [3.8, 4) is 0 Å². The molecule has 0 aliphatic carbocycles. The lowest BCUT2D eigenvalue weighted by Gasteiger charge is -2.14. The summed E-state index contributed by atoms with van der Waals surface area (Å²) >= 11 is 0. The summed E-state index contributed by atoms with van der Waals surface area (Å²) in [5, 5.41) is 0. The Morgan fingerprint density at radius 2 is 2.14 bits per heavy atom. The maximum Gasteiger partial charge on any atom is 0.268 e. The number of nitrogens with two attached hydrogens (primary N) is 1. The number of carbonyl (C=O) groups is 1. The molecule has 0 unspecified atom stereocenters. The van der Waals surface area contributed by atoms with Crippen LogP contribution in [0.1, 0.15) is 33.3 Å². The van der Waals surface area contributed by atoms with Gasteiger partial charge in [0.25, 0.3) is 5.91 Å². The summed E-state index contributed by atoms with van der Waals surface area (Å²) in [6.45, 7) is 5.02. The number of furan rings is 1. The van der Waals surface area contributed by atoms with Crippen molar-refractivity contribution in [3.63, 3.8) is 0 Å². The van der Waals surface area contributed by atoms with Crippen LogP contribution < -0.4 is 11.3 Å². The number of aromatic nitrogens is 1. The van der Waals surface area contributed by atoms with Gasteiger partial charge < -0.3 is 4.42 Å². The van der Waals surface area contributed by atoms with E-state index < -0.39 is 0 Å². The molecule has 0 saturated carbocycles. The van der Waals surface area contributed by atoms with Crippen molar-refractivity contribution in [2.75, 3.05) is 7.05 Å². The van der Waals surface area contributed by atoms with Crippen molar-refractivity contribution >= 4 is 5.91 Å². The Balaban J connectivity index is 2.03. The molecular weight excluding hydrogens is 268 g/mol. The van der Waals surface area contributed by atoms with Crippen LogP contribution in [0.15, 0.2) is 28.7 Å². The van der Waals surface area contributed by atoms with Gasteiger partial charge in [0.15, 0.2) is 0 Å². The van der Waals surface area contributed by atoms with E-state index in [0.717, 1.165) is 17.1 Å². The molecule has 6 nitrogen and oxygen atoms in total. The number of amides is 1. The van der Waals surface area contributed by atoms with E-state index >= 15 is 0 Å². The molecule has 0 aliphatic rings. The molecule has 0 radical (unpaired) electrons. The van der Waals surface area contributed by atoms with Gasteiger partial charge in [-0.25, -0.2) is 5.84 Å². The van der Waals surface area contributed by atoms with Crippen LogP contribution in [-0.2, 0) is 13.1 Å². The van der Waals surface area contributed by atoms with E-state index in [1.165, 1.54) is 0 Å². The van der Waals surface area contributed by atoms with Gasteiger partial charge in [-0.05, 0) is 39.1 Å². The Hall–Kier alpha value is -2.18. The van der Waals surface area contributed by atoms with Crippen molar-refractivity contribution in [1.29, 1.82) is 0 Å². The number of pyridine rings is 1. The number of hydrogen-bond acceptors (Lipinski definition) is 5. The molecule has 0 aliphatic heterocycles. The van der Waals surface area contributed by atoms with E-state index in [4.69, 9.17) is 10.3 Å². The molecule has 1 amide bonds. The van der Waals surface area contributed by atoms with Gasteiger partial charge in [0.05, 0.1) is 17.8 Å². The zero-order chi connectivity index (χ0) is 15.4. The molecule has 21 heavy (non-hydrogen) atoms. The smallest absolute Gasteiger partial charge is 0.268 e. The molecule has 2 aromatic heterocycles. The molecule has 0 atom stereocenters. The van der Waals surface area contributed by atoms with Crippen LogP contribution in [0.5, 0.6) is 0 Å². The summed E-state index contributed by atoms with van der Waals surface area (Å²) in [6, 6.07) is 7.67. The molecule has 2 rings (SSSR count). The fourth-order valence-corrected chi connectivity index (χ4v) is 2.21. The van der Waals surface area contributed by atoms with Gasteiger partial charge in [0.1, 0.15) is 11.5 Å². The van der Waals surface area contributed by atoms with Gasteiger partial charge in [-0.3, -0.25) is 20.1 Å². The highest BCUT2D eigenvalue weighted by molar-refractivity contribution is 5.94. The first-order chi connectivity index (χ1) is 9.99. The molecular formula is C15H20N4O2. The second-order valence-electron chi connectivity index (χ2n) is 5.10. The van der Waals surface area contributed by atoms with Gasteiger partial charge in [-0.2, -0.15) is 0 Å². The second kappa shape index (κ2) is 6.51. The number of nitrogens with one attached hydrogen (secondary N) is 1. The number of hydrazine groups is 1. The van der Waals surface area contributed by atoms with Gasteiger partial charge in [-0.15, -0.1) is 0 Å². The Morgan fingerprint density at radius 1 is 1.38 bits per heavy atom. The van der Waals surface area contributed by atoms with Crippen LogP contribution >= 0.6 is 0 Å². The number of rotatable bonds is 5. The van der Waals surface area contributed by atoms with E-state index in [9.17, 15) is 4.79 Å². The zero-order valence-corrected chi connectivity index (χ0v) is 12.5. The molecule has 3 N–H and O–H groups in total. The van der Waals surface area contributed by atoms with E-state index in [1.54, 1.807) is 13.0 Å². The summed E-state index contributed by atoms with van der Waals surface area (Å²) in [6.07, 6.45) is 0. The Labute approximate surface area is 123 Å². The summed E-state index contributed by atoms with van der Waals surface area (Å²) in [4.78, 5) is 18.1. The van der Waals surface area contributed by atoms with Gasteiger partial charge >= 0.3 is 0 Å². The fourth-order valence-electron chi connectivity index (χ4n) is 2.21. The average molecular weight is 288 g/mol. The molecule has 2 aromatic rings. The van der Waals surface area contributed by atoms with Crippen molar-refractivity contribution < 1.29 is 9.21 Å². The Kier molecular flexibility index (Phi) is 4.72. The third kappa shape index (κ3) is 3.90. The largest absolute Gasteiger partial charge is 0.464 e. The maximum absolute atomic E-state index is 11.5. The predicted octanol–water partition coefficient (Wildman–Crippen LogP) is 1.53. The van der Waals surface area contributed by atoms with E-state index in [1.807, 2.05) is 32.2 Å². The third-order valence-corrected chi connectivity index (χ3v) is 3.15. The summed E-state index contributed by atoms with van der Waals surface area (Å²) < 4.78 is 5.59. The highest BCUT2D eigenvalue weighted by Gasteiger charge is 2.15. The molecule has 0 spiro atoms. The molecule has 0 bridgehead atoms. The standard InChI is InChI=1S/C15H20N4O2/c1-10-5-4-6-12(17-10)8-19(3)9-13-7-14(11(2)21-13)15(20)18-16/h4-7H,8-9,16H2,1-3H3,(H,18,20). The molecule has 0 saturated heterocycles. The van der Waals surface area contributed by atoms with E-state index in [2.05, 4.69) is 15.3 Å². The second-order valence-corrected chi connectivity index (χ2v) is 5.10.